The second kappa shape index (κ2) is 6.02. The lowest BCUT2D eigenvalue weighted by molar-refractivity contribution is -0.139. The number of nitrogens with one attached hydrogen (secondary N) is 1. The topological polar surface area (TPSA) is 87.2 Å². The summed E-state index contributed by atoms with van der Waals surface area (Å²) in [6, 6.07) is 3.26. The summed E-state index contributed by atoms with van der Waals surface area (Å²) in [6.45, 7) is 1.47. The molecule has 3 N–H and O–H groups in total. The molecule has 0 spiro atoms. The molecule has 1 aromatic carbocycles. The first kappa shape index (κ1) is 17.4. The predicted octanol–water partition coefficient (Wildman–Crippen LogP) is 2.04. The van der Waals surface area contributed by atoms with E-state index in [9.17, 15) is 21.6 Å². The van der Waals surface area contributed by atoms with Gasteiger partial charge in [-0.15, -0.1) is 0 Å². The van der Waals surface area contributed by atoms with Crippen LogP contribution in [0.2, 0.25) is 0 Å². The van der Waals surface area contributed by atoms with Crippen molar-refractivity contribution in [2.24, 2.45) is 5.73 Å². The number of halogens is 3. The molecule has 0 amide bonds. The highest BCUT2D eigenvalue weighted by Gasteiger charge is 2.38. The molecule has 0 saturated carbocycles. The second-order valence-electron chi connectivity index (χ2n) is 4.59. The van der Waals surface area contributed by atoms with Crippen LogP contribution in [0.5, 0.6) is 0 Å². The number of hydrogen-bond acceptors (Lipinski definition) is 3. The van der Waals surface area contributed by atoms with Crippen molar-refractivity contribution >= 4 is 15.9 Å². The first-order chi connectivity index (χ1) is 9.48. The van der Waals surface area contributed by atoms with Crippen LogP contribution < -0.4 is 5.73 Å². The van der Waals surface area contributed by atoms with Crippen molar-refractivity contribution < 1.29 is 21.6 Å². The van der Waals surface area contributed by atoms with Crippen molar-refractivity contribution in [1.82, 2.24) is 4.31 Å². The van der Waals surface area contributed by atoms with Crippen molar-refractivity contribution in [1.29, 1.82) is 5.41 Å². The number of benzene rings is 1. The maximum absolute atomic E-state index is 12.9. The maximum atomic E-state index is 12.9. The molecule has 21 heavy (non-hydrogen) atoms. The third-order valence-corrected chi connectivity index (χ3v) is 5.02. The van der Waals surface area contributed by atoms with Gasteiger partial charge >= 0.3 is 6.18 Å². The van der Waals surface area contributed by atoms with E-state index in [0.29, 0.717) is 0 Å². The molecule has 9 heteroatoms. The number of nitrogens with zero attached hydrogens (tertiary/aromatic N) is 1. The van der Waals surface area contributed by atoms with Gasteiger partial charge in [0.2, 0.25) is 10.0 Å². The third-order valence-electron chi connectivity index (χ3n) is 2.99. The Morgan fingerprint density at radius 3 is 2.38 bits per heavy atom. The fraction of sp³-hybridized carbons (Fsp3) is 0.417. The average molecular weight is 323 g/mol. The number of sulfonamides is 1. The van der Waals surface area contributed by atoms with Crippen molar-refractivity contribution in [2.75, 3.05) is 7.05 Å². The summed E-state index contributed by atoms with van der Waals surface area (Å²) in [5.74, 6) is -0.242. The van der Waals surface area contributed by atoms with Gasteiger partial charge in [-0.2, -0.15) is 17.5 Å². The quantitative estimate of drug-likeness (QED) is 0.642. The Morgan fingerprint density at radius 2 is 1.90 bits per heavy atom. The Kier molecular flexibility index (Phi) is 5.00. The zero-order chi connectivity index (χ0) is 16.4. The summed E-state index contributed by atoms with van der Waals surface area (Å²) >= 11 is 0. The molecule has 0 saturated heterocycles. The van der Waals surface area contributed by atoms with Crippen LogP contribution in [-0.2, 0) is 16.2 Å². The molecule has 1 unspecified atom stereocenters. The van der Waals surface area contributed by atoms with E-state index in [1.807, 2.05) is 0 Å². The van der Waals surface area contributed by atoms with Crippen LogP contribution >= 0.6 is 0 Å². The number of alkyl halides is 3. The van der Waals surface area contributed by atoms with E-state index in [4.69, 9.17) is 11.1 Å². The second-order valence-corrected chi connectivity index (χ2v) is 6.56. The summed E-state index contributed by atoms with van der Waals surface area (Å²) < 4.78 is 64.2. The monoisotopic (exact) mass is 323 g/mol. The van der Waals surface area contributed by atoms with Gasteiger partial charge in [0, 0.05) is 19.5 Å². The standard InChI is InChI=1S/C12H16F3N3O2S/c1-8(7-11(16)17)18(2)21(19,20)10-6-4-3-5-9(10)12(13,14)15/h3-6,8H,7H2,1-2H3,(H3,16,17). The molecule has 0 aliphatic rings. The minimum absolute atomic E-state index is 0.0656. The highest BCUT2D eigenvalue weighted by molar-refractivity contribution is 7.89. The van der Waals surface area contributed by atoms with Gasteiger partial charge in [-0.05, 0) is 19.1 Å². The molecule has 1 aromatic rings. The van der Waals surface area contributed by atoms with E-state index in [0.717, 1.165) is 29.6 Å². The number of nitrogens with two attached hydrogens (primary N) is 1. The SMILES string of the molecule is CC(CC(=N)N)N(C)S(=O)(=O)c1ccccc1C(F)(F)F. The van der Waals surface area contributed by atoms with Crippen LogP contribution in [-0.4, -0.2) is 31.6 Å². The van der Waals surface area contributed by atoms with Crippen LogP contribution in [0.3, 0.4) is 0 Å². The van der Waals surface area contributed by atoms with Crippen molar-refractivity contribution in [2.45, 2.75) is 30.5 Å². The molecule has 0 aliphatic heterocycles. The van der Waals surface area contributed by atoms with Crippen molar-refractivity contribution in [3.05, 3.63) is 29.8 Å². The molecular formula is C12H16F3N3O2S. The van der Waals surface area contributed by atoms with Crippen LogP contribution in [0, 0.1) is 5.41 Å². The van der Waals surface area contributed by atoms with Gasteiger partial charge < -0.3 is 5.73 Å². The van der Waals surface area contributed by atoms with Crippen LogP contribution in [0.25, 0.3) is 0 Å². The number of rotatable bonds is 5. The van der Waals surface area contributed by atoms with Gasteiger partial charge in [0.1, 0.15) is 0 Å². The Labute approximate surface area is 121 Å². The Balaban J connectivity index is 3.29. The first-order valence-electron chi connectivity index (χ1n) is 5.95. The van der Waals surface area contributed by atoms with Crippen LogP contribution in [0.1, 0.15) is 18.9 Å². The van der Waals surface area contributed by atoms with Gasteiger partial charge in [0.25, 0.3) is 0 Å². The van der Waals surface area contributed by atoms with Crippen LogP contribution in [0.4, 0.5) is 13.2 Å². The lowest BCUT2D eigenvalue weighted by Crippen LogP contribution is -2.38. The summed E-state index contributed by atoms with van der Waals surface area (Å²) in [6.07, 6.45) is -4.84. The van der Waals surface area contributed by atoms with Crippen LogP contribution in [0.15, 0.2) is 29.2 Å². The molecule has 0 bridgehead atoms. The van der Waals surface area contributed by atoms with Crippen molar-refractivity contribution in [3.63, 3.8) is 0 Å². The predicted molar refractivity (Wildman–Crippen MR) is 72.4 cm³/mol. The lowest BCUT2D eigenvalue weighted by Gasteiger charge is -2.25. The van der Waals surface area contributed by atoms with Gasteiger partial charge in [0.05, 0.1) is 16.3 Å². The minimum Gasteiger partial charge on any atom is -0.388 e. The normalized spacial score (nSPS) is 14.2. The minimum atomic E-state index is -4.77. The summed E-state index contributed by atoms with van der Waals surface area (Å²) in [7, 11) is -3.17. The average Bonchev–Trinajstić information content (AvgIpc) is 2.36. The fourth-order valence-electron chi connectivity index (χ4n) is 1.76. The smallest absolute Gasteiger partial charge is 0.388 e. The molecule has 0 aromatic heterocycles. The Morgan fingerprint density at radius 1 is 1.38 bits per heavy atom. The van der Waals surface area contributed by atoms with E-state index in [1.165, 1.54) is 13.0 Å². The molecule has 1 atom stereocenters. The van der Waals surface area contributed by atoms with E-state index in [1.54, 1.807) is 0 Å². The van der Waals surface area contributed by atoms with E-state index >= 15 is 0 Å². The molecule has 0 aliphatic carbocycles. The molecule has 1 rings (SSSR count). The Hall–Kier alpha value is -1.61. The zero-order valence-electron chi connectivity index (χ0n) is 11.5. The molecular weight excluding hydrogens is 307 g/mol. The van der Waals surface area contributed by atoms with Gasteiger partial charge in [-0.3, -0.25) is 5.41 Å². The number of amidine groups is 1. The summed E-state index contributed by atoms with van der Waals surface area (Å²) in [5, 5.41) is 7.14. The molecule has 0 radical (unpaired) electrons. The molecule has 5 nitrogen and oxygen atoms in total. The largest absolute Gasteiger partial charge is 0.417 e. The van der Waals surface area contributed by atoms with Crippen molar-refractivity contribution in [3.8, 4) is 0 Å². The lowest BCUT2D eigenvalue weighted by atomic mass is 10.2. The molecule has 0 heterocycles. The Bertz CT molecular complexity index is 629. The van der Waals surface area contributed by atoms with Gasteiger partial charge in [0.15, 0.2) is 0 Å². The summed E-state index contributed by atoms with van der Waals surface area (Å²) in [5.41, 5.74) is 3.98. The first-order valence-corrected chi connectivity index (χ1v) is 7.39. The zero-order valence-corrected chi connectivity index (χ0v) is 12.3. The van der Waals surface area contributed by atoms with E-state index in [-0.39, 0.29) is 12.3 Å². The van der Waals surface area contributed by atoms with E-state index < -0.39 is 32.7 Å². The van der Waals surface area contributed by atoms with Gasteiger partial charge in [-0.1, -0.05) is 12.1 Å². The summed E-state index contributed by atoms with van der Waals surface area (Å²) in [4.78, 5) is -0.810. The molecule has 0 fully saturated rings. The third kappa shape index (κ3) is 3.94. The van der Waals surface area contributed by atoms with Gasteiger partial charge in [-0.25, -0.2) is 8.42 Å². The fourth-order valence-corrected chi connectivity index (χ4v) is 3.34. The molecule has 118 valence electrons. The maximum Gasteiger partial charge on any atom is 0.417 e. The van der Waals surface area contributed by atoms with E-state index in [2.05, 4.69) is 0 Å². The highest BCUT2D eigenvalue weighted by Crippen LogP contribution is 2.35. The number of hydrogen-bond donors (Lipinski definition) is 2. The highest BCUT2D eigenvalue weighted by atomic mass is 32.2.